The molecule has 1 aromatic heterocycles. The molecule has 1 aromatic carbocycles. The topological polar surface area (TPSA) is 52.0 Å². The van der Waals surface area contributed by atoms with Crippen molar-refractivity contribution in [2.24, 2.45) is 0 Å². The Bertz CT molecular complexity index is 749. The van der Waals surface area contributed by atoms with Crippen molar-refractivity contribution in [2.45, 2.75) is 39.6 Å². The fourth-order valence-electron chi connectivity index (χ4n) is 2.76. The van der Waals surface area contributed by atoms with E-state index >= 15 is 0 Å². The summed E-state index contributed by atoms with van der Waals surface area (Å²) >= 11 is 0. The number of fused-ring (bicyclic) bond motifs is 3. The molecule has 3 rings (SSSR count). The standard InChI is InChI=1S/C14H15F3N4O/c1-7-5-9(22-14(15,16)17)6-10-11(7)21-8(2)19-20-12(21)13(3,4)18-10/h5-6,18H,1-4H3. The fourth-order valence-corrected chi connectivity index (χ4v) is 2.76. The number of hydrogen-bond acceptors (Lipinski definition) is 4. The average molecular weight is 312 g/mol. The molecule has 2 heterocycles. The monoisotopic (exact) mass is 312 g/mol. The number of nitrogens with one attached hydrogen (secondary N) is 1. The minimum absolute atomic E-state index is 0.249. The molecule has 1 aliphatic heterocycles. The van der Waals surface area contributed by atoms with E-state index in [0.717, 1.165) is 5.69 Å². The highest BCUT2D eigenvalue weighted by Crippen LogP contribution is 2.41. The van der Waals surface area contributed by atoms with Gasteiger partial charge in [-0.2, -0.15) is 0 Å². The van der Waals surface area contributed by atoms with Crippen LogP contribution in [0.15, 0.2) is 12.1 Å². The first-order valence-corrected chi connectivity index (χ1v) is 6.70. The molecule has 8 heteroatoms. The molecule has 0 unspecified atom stereocenters. The van der Waals surface area contributed by atoms with Crippen LogP contribution in [0.5, 0.6) is 5.75 Å². The van der Waals surface area contributed by atoms with Gasteiger partial charge >= 0.3 is 6.36 Å². The van der Waals surface area contributed by atoms with Gasteiger partial charge in [-0.25, -0.2) is 0 Å². The molecule has 0 aliphatic carbocycles. The van der Waals surface area contributed by atoms with Crippen LogP contribution in [0, 0.1) is 13.8 Å². The SMILES string of the molecule is Cc1cc(OC(F)(F)F)cc2c1-n1c(C)nnc1C(C)(C)N2. The van der Waals surface area contributed by atoms with Gasteiger partial charge in [-0.3, -0.25) is 4.57 Å². The Labute approximate surface area is 125 Å². The van der Waals surface area contributed by atoms with Gasteiger partial charge in [0.1, 0.15) is 11.6 Å². The van der Waals surface area contributed by atoms with Crippen LogP contribution in [0.4, 0.5) is 18.9 Å². The van der Waals surface area contributed by atoms with Crippen molar-refractivity contribution >= 4 is 5.69 Å². The highest BCUT2D eigenvalue weighted by Gasteiger charge is 2.36. The molecule has 0 radical (unpaired) electrons. The first-order chi connectivity index (χ1) is 10.1. The smallest absolute Gasteiger partial charge is 0.406 e. The number of aromatic nitrogens is 3. The van der Waals surface area contributed by atoms with Gasteiger partial charge in [0, 0.05) is 6.07 Å². The van der Waals surface area contributed by atoms with E-state index in [-0.39, 0.29) is 5.75 Å². The van der Waals surface area contributed by atoms with Gasteiger partial charge in [0.25, 0.3) is 0 Å². The number of aryl methyl sites for hydroxylation is 2. The van der Waals surface area contributed by atoms with Crippen molar-refractivity contribution in [2.75, 3.05) is 5.32 Å². The lowest BCUT2D eigenvalue weighted by molar-refractivity contribution is -0.274. The van der Waals surface area contributed by atoms with Crippen LogP contribution in [0.2, 0.25) is 0 Å². The Morgan fingerprint density at radius 3 is 2.50 bits per heavy atom. The minimum Gasteiger partial charge on any atom is -0.406 e. The molecular weight excluding hydrogens is 297 g/mol. The highest BCUT2D eigenvalue weighted by molar-refractivity contribution is 5.71. The summed E-state index contributed by atoms with van der Waals surface area (Å²) in [6, 6.07) is 2.70. The quantitative estimate of drug-likeness (QED) is 0.876. The molecule has 0 bridgehead atoms. The van der Waals surface area contributed by atoms with E-state index in [0.29, 0.717) is 22.9 Å². The van der Waals surface area contributed by atoms with Crippen LogP contribution in [0.25, 0.3) is 5.69 Å². The molecule has 1 N–H and O–H groups in total. The van der Waals surface area contributed by atoms with E-state index in [2.05, 4.69) is 20.3 Å². The molecule has 0 saturated carbocycles. The molecule has 0 atom stereocenters. The zero-order valence-electron chi connectivity index (χ0n) is 12.5. The van der Waals surface area contributed by atoms with E-state index in [9.17, 15) is 13.2 Å². The van der Waals surface area contributed by atoms with Crippen LogP contribution < -0.4 is 10.1 Å². The zero-order chi connectivity index (χ0) is 16.3. The van der Waals surface area contributed by atoms with Gasteiger partial charge in [-0.05, 0) is 39.3 Å². The molecular formula is C14H15F3N4O. The summed E-state index contributed by atoms with van der Waals surface area (Å²) in [6.07, 6.45) is -4.72. The van der Waals surface area contributed by atoms with Crippen molar-refractivity contribution in [1.29, 1.82) is 0 Å². The van der Waals surface area contributed by atoms with Crippen LogP contribution in [0.1, 0.15) is 31.1 Å². The van der Waals surface area contributed by atoms with Crippen LogP contribution in [-0.4, -0.2) is 21.1 Å². The number of hydrogen-bond donors (Lipinski definition) is 1. The van der Waals surface area contributed by atoms with Gasteiger partial charge in [0.2, 0.25) is 0 Å². The second kappa shape index (κ2) is 4.37. The number of ether oxygens (including phenoxy) is 1. The van der Waals surface area contributed by atoms with E-state index < -0.39 is 11.9 Å². The maximum atomic E-state index is 12.4. The van der Waals surface area contributed by atoms with Crippen molar-refractivity contribution in [3.05, 3.63) is 29.3 Å². The minimum atomic E-state index is -4.72. The van der Waals surface area contributed by atoms with Gasteiger partial charge in [-0.1, -0.05) is 0 Å². The molecule has 5 nitrogen and oxygen atoms in total. The molecule has 0 spiro atoms. The third kappa shape index (κ3) is 2.28. The summed E-state index contributed by atoms with van der Waals surface area (Å²) < 4.78 is 43.2. The Kier molecular flexibility index (Phi) is 2.92. The Balaban J connectivity index is 2.19. The number of alkyl halides is 3. The first-order valence-electron chi connectivity index (χ1n) is 6.70. The molecule has 1 aliphatic rings. The Morgan fingerprint density at radius 2 is 1.86 bits per heavy atom. The highest BCUT2D eigenvalue weighted by atomic mass is 19.4. The van der Waals surface area contributed by atoms with Gasteiger partial charge in [0.15, 0.2) is 5.82 Å². The average Bonchev–Trinajstić information content (AvgIpc) is 2.69. The zero-order valence-corrected chi connectivity index (χ0v) is 12.5. The lowest BCUT2D eigenvalue weighted by Crippen LogP contribution is -2.36. The molecule has 118 valence electrons. The largest absolute Gasteiger partial charge is 0.573 e. The van der Waals surface area contributed by atoms with Crippen molar-refractivity contribution in [1.82, 2.24) is 14.8 Å². The number of benzene rings is 1. The van der Waals surface area contributed by atoms with E-state index in [1.807, 2.05) is 18.4 Å². The number of nitrogens with zero attached hydrogens (tertiary/aromatic N) is 3. The summed E-state index contributed by atoms with van der Waals surface area (Å²) in [6.45, 7) is 7.32. The van der Waals surface area contributed by atoms with Crippen molar-refractivity contribution < 1.29 is 17.9 Å². The van der Waals surface area contributed by atoms with Gasteiger partial charge < -0.3 is 10.1 Å². The van der Waals surface area contributed by atoms with E-state index in [1.54, 1.807) is 13.8 Å². The second-order valence-electron chi connectivity index (χ2n) is 5.84. The third-order valence-electron chi connectivity index (χ3n) is 3.56. The van der Waals surface area contributed by atoms with Gasteiger partial charge in [0.05, 0.1) is 16.9 Å². The Morgan fingerprint density at radius 1 is 1.18 bits per heavy atom. The van der Waals surface area contributed by atoms with Crippen LogP contribution in [0.3, 0.4) is 0 Å². The van der Waals surface area contributed by atoms with E-state index in [1.165, 1.54) is 12.1 Å². The maximum Gasteiger partial charge on any atom is 0.573 e. The van der Waals surface area contributed by atoms with Crippen LogP contribution >= 0.6 is 0 Å². The fraction of sp³-hybridized carbons (Fsp3) is 0.429. The molecule has 0 amide bonds. The second-order valence-corrected chi connectivity index (χ2v) is 5.84. The number of rotatable bonds is 1. The number of anilines is 1. The molecule has 0 fully saturated rings. The summed E-state index contributed by atoms with van der Waals surface area (Å²) in [5, 5.41) is 11.4. The predicted octanol–water partition coefficient (Wildman–Crippen LogP) is 3.44. The predicted molar refractivity (Wildman–Crippen MR) is 74.2 cm³/mol. The van der Waals surface area contributed by atoms with Crippen molar-refractivity contribution in [3.8, 4) is 11.4 Å². The van der Waals surface area contributed by atoms with E-state index in [4.69, 9.17) is 0 Å². The van der Waals surface area contributed by atoms with Crippen LogP contribution in [-0.2, 0) is 5.54 Å². The summed E-state index contributed by atoms with van der Waals surface area (Å²) in [5.41, 5.74) is 1.38. The van der Waals surface area contributed by atoms with Crippen molar-refractivity contribution in [3.63, 3.8) is 0 Å². The molecule has 22 heavy (non-hydrogen) atoms. The lowest BCUT2D eigenvalue weighted by atomic mass is 9.98. The summed E-state index contributed by atoms with van der Waals surface area (Å²) in [7, 11) is 0. The normalized spacial score (nSPS) is 15.8. The third-order valence-corrected chi connectivity index (χ3v) is 3.56. The maximum absolute atomic E-state index is 12.4. The molecule has 2 aromatic rings. The Hall–Kier alpha value is -2.25. The molecule has 0 saturated heterocycles. The summed E-state index contributed by atoms with van der Waals surface area (Å²) in [5.74, 6) is 1.14. The van der Waals surface area contributed by atoms with Gasteiger partial charge in [-0.15, -0.1) is 23.4 Å². The summed E-state index contributed by atoms with van der Waals surface area (Å²) in [4.78, 5) is 0. The number of halogens is 3. The lowest BCUT2D eigenvalue weighted by Gasteiger charge is -2.34. The first kappa shape index (κ1) is 14.7.